The highest BCUT2D eigenvalue weighted by molar-refractivity contribution is 9.10. The van der Waals surface area contributed by atoms with Crippen molar-refractivity contribution in [1.29, 1.82) is 0 Å². The van der Waals surface area contributed by atoms with E-state index in [0.29, 0.717) is 5.92 Å². The van der Waals surface area contributed by atoms with Crippen molar-refractivity contribution >= 4 is 21.8 Å². The Morgan fingerprint density at radius 3 is 2.33 bits per heavy atom. The smallest absolute Gasteiger partial charge is 0.254 e. The van der Waals surface area contributed by atoms with Crippen LogP contribution in [0.1, 0.15) is 43.6 Å². The molecule has 1 aromatic rings. The van der Waals surface area contributed by atoms with Gasteiger partial charge < -0.3 is 4.90 Å². The minimum Gasteiger partial charge on any atom is -0.336 e. The quantitative estimate of drug-likeness (QED) is 0.813. The second-order valence-electron chi connectivity index (χ2n) is 5.41. The minimum atomic E-state index is 0.120. The maximum Gasteiger partial charge on any atom is 0.254 e. The normalized spacial score (nSPS) is 11.1. The number of amides is 1. The number of carbonyl (C=O) groups excluding carboxylic acids is 1. The minimum absolute atomic E-state index is 0.120. The lowest BCUT2D eigenvalue weighted by Gasteiger charge is -2.28. The van der Waals surface area contributed by atoms with E-state index < -0.39 is 0 Å². The molecule has 1 aromatic carbocycles. The number of carbonyl (C=O) groups is 1. The van der Waals surface area contributed by atoms with Gasteiger partial charge in [-0.2, -0.15) is 0 Å². The molecule has 0 radical (unpaired) electrons. The van der Waals surface area contributed by atoms with E-state index in [4.69, 9.17) is 0 Å². The van der Waals surface area contributed by atoms with Crippen molar-refractivity contribution in [2.24, 2.45) is 5.92 Å². The van der Waals surface area contributed by atoms with Gasteiger partial charge in [-0.3, -0.25) is 4.79 Å². The van der Waals surface area contributed by atoms with E-state index in [1.165, 1.54) is 0 Å². The number of benzene rings is 1. The van der Waals surface area contributed by atoms with Crippen LogP contribution >= 0.6 is 15.9 Å². The van der Waals surface area contributed by atoms with Gasteiger partial charge in [-0.15, -0.1) is 0 Å². The monoisotopic (exact) mass is 311 g/mol. The molecule has 0 unspecified atom stereocenters. The van der Waals surface area contributed by atoms with Crippen molar-refractivity contribution in [2.75, 3.05) is 6.54 Å². The first kappa shape index (κ1) is 15.2. The van der Waals surface area contributed by atoms with E-state index in [1.807, 2.05) is 30.0 Å². The second-order valence-corrected chi connectivity index (χ2v) is 6.26. The van der Waals surface area contributed by atoms with Crippen LogP contribution < -0.4 is 0 Å². The van der Waals surface area contributed by atoms with Crippen LogP contribution in [0.4, 0.5) is 0 Å². The van der Waals surface area contributed by atoms with Gasteiger partial charge in [0.2, 0.25) is 0 Å². The Kier molecular flexibility index (Phi) is 5.39. The van der Waals surface area contributed by atoms with E-state index in [1.54, 1.807) is 0 Å². The first-order valence-electron chi connectivity index (χ1n) is 6.40. The van der Waals surface area contributed by atoms with Crippen molar-refractivity contribution in [3.05, 3.63) is 33.8 Å². The fourth-order valence-corrected chi connectivity index (χ4v) is 2.11. The molecule has 0 N–H and O–H groups in total. The predicted molar refractivity (Wildman–Crippen MR) is 79.9 cm³/mol. The zero-order chi connectivity index (χ0) is 13.9. The summed E-state index contributed by atoms with van der Waals surface area (Å²) in [7, 11) is 0. The van der Waals surface area contributed by atoms with Gasteiger partial charge >= 0.3 is 0 Å². The molecule has 0 aromatic heterocycles. The molecule has 0 aliphatic rings. The summed E-state index contributed by atoms with van der Waals surface area (Å²) < 4.78 is 1.04. The van der Waals surface area contributed by atoms with Gasteiger partial charge in [-0.1, -0.05) is 29.8 Å². The predicted octanol–water partition coefficient (Wildman–Crippen LogP) is 4.26. The third kappa shape index (κ3) is 3.84. The van der Waals surface area contributed by atoms with E-state index in [-0.39, 0.29) is 11.9 Å². The summed E-state index contributed by atoms with van der Waals surface area (Å²) in [5, 5.41) is 0. The molecule has 0 aliphatic carbocycles. The molecule has 1 rings (SSSR count). The molecule has 100 valence electrons. The van der Waals surface area contributed by atoms with Gasteiger partial charge in [0.25, 0.3) is 5.91 Å². The second kappa shape index (κ2) is 6.37. The maximum atomic E-state index is 12.5. The van der Waals surface area contributed by atoms with Crippen molar-refractivity contribution in [3.63, 3.8) is 0 Å². The molecule has 0 aliphatic heterocycles. The Balaban J connectivity index is 2.98. The summed E-state index contributed by atoms with van der Waals surface area (Å²) in [6.45, 7) is 11.2. The Hall–Kier alpha value is -0.830. The van der Waals surface area contributed by atoms with Gasteiger partial charge in [-0.05, 0) is 50.5 Å². The van der Waals surface area contributed by atoms with E-state index in [2.05, 4.69) is 43.6 Å². The highest BCUT2D eigenvalue weighted by Gasteiger charge is 2.19. The SMILES string of the molecule is Cc1cc(C(=O)N(CC(C)C)C(C)C)ccc1Br. The first-order chi connectivity index (χ1) is 8.32. The molecule has 0 fully saturated rings. The third-order valence-corrected chi connectivity index (χ3v) is 3.74. The molecule has 0 spiro atoms. The lowest BCUT2D eigenvalue weighted by Crippen LogP contribution is -2.39. The Bertz CT molecular complexity index is 427. The van der Waals surface area contributed by atoms with Crippen LogP contribution in [-0.4, -0.2) is 23.4 Å². The van der Waals surface area contributed by atoms with E-state index in [0.717, 1.165) is 22.1 Å². The number of hydrogen-bond acceptors (Lipinski definition) is 1. The maximum absolute atomic E-state index is 12.5. The van der Waals surface area contributed by atoms with Gasteiger partial charge in [0, 0.05) is 22.6 Å². The Morgan fingerprint density at radius 1 is 1.28 bits per heavy atom. The lowest BCUT2D eigenvalue weighted by atomic mass is 10.1. The topological polar surface area (TPSA) is 20.3 Å². The van der Waals surface area contributed by atoms with Crippen molar-refractivity contribution in [2.45, 2.75) is 40.7 Å². The Morgan fingerprint density at radius 2 is 1.89 bits per heavy atom. The van der Waals surface area contributed by atoms with Crippen LogP contribution in [0.2, 0.25) is 0 Å². The van der Waals surface area contributed by atoms with Gasteiger partial charge in [0.05, 0.1) is 0 Å². The third-order valence-electron chi connectivity index (χ3n) is 2.85. The zero-order valence-electron chi connectivity index (χ0n) is 11.8. The molecule has 0 bridgehead atoms. The summed E-state index contributed by atoms with van der Waals surface area (Å²) in [5.74, 6) is 0.599. The molecule has 0 saturated carbocycles. The number of aryl methyl sites for hydroxylation is 1. The summed E-state index contributed by atoms with van der Waals surface area (Å²) in [5.41, 5.74) is 1.86. The summed E-state index contributed by atoms with van der Waals surface area (Å²) in [6.07, 6.45) is 0. The van der Waals surface area contributed by atoms with Gasteiger partial charge in [-0.25, -0.2) is 0 Å². The summed E-state index contributed by atoms with van der Waals surface area (Å²) in [6, 6.07) is 6.00. The highest BCUT2D eigenvalue weighted by Crippen LogP contribution is 2.19. The van der Waals surface area contributed by atoms with Crippen LogP contribution in [0.3, 0.4) is 0 Å². The fraction of sp³-hybridized carbons (Fsp3) is 0.533. The van der Waals surface area contributed by atoms with Gasteiger partial charge in [0.1, 0.15) is 0 Å². The molecule has 2 nitrogen and oxygen atoms in total. The summed E-state index contributed by atoms with van der Waals surface area (Å²) >= 11 is 3.46. The molecule has 18 heavy (non-hydrogen) atoms. The highest BCUT2D eigenvalue weighted by atomic mass is 79.9. The molecule has 1 amide bonds. The van der Waals surface area contributed by atoms with Crippen LogP contribution in [-0.2, 0) is 0 Å². The number of hydrogen-bond donors (Lipinski definition) is 0. The molecular formula is C15H22BrNO. The zero-order valence-corrected chi connectivity index (χ0v) is 13.4. The van der Waals surface area contributed by atoms with Gasteiger partial charge in [0.15, 0.2) is 0 Å². The largest absolute Gasteiger partial charge is 0.336 e. The molecule has 0 atom stereocenters. The van der Waals surface area contributed by atoms with Crippen LogP contribution in [0, 0.1) is 12.8 Å². The number of halogens is 1. The van der Waals surface area contributed by atoms with E-state index >= 15 is 0 Å². The van der Waals surface area contributed by atoms with Crippen molar-refractivity contribution in [1.82, 2.24) is 4.90 Å². The first-order valence-corrected chi connectivity index (χ1v) is 7.19. The van der Waals surface area contributed by atoms with Crippen LogP contribution in [0.25, 0.3) is 0 Å². The number of rotatable bonds is 4. The average Bonchev–Trinajstić information content (AvgIpc) is 2.28. The van der Waals surface area contributed by atoms with Crippen LogP contribution in [0.15, 0.2) is 22.7 Å². The molecular weight excluding hydrogens is 290 g/mol. The Labute approximate surface area is 119 Å². The van der Waals surface area contributed by atoms with Crippen LogP contribution in [0.5, 0.6) is 0 Å². The molecule has 0 heterocycles. The summed E-state index contributed by atoms with van der Waals surface area (Å²) in [4.78, 5) is 14.4. The molecule has 0 saturated heterocycles. The van der Waals surface area contributed by atoms with Crippen molar-refractivity contribution in [3.8, 4) is 0 Å². The van der Waals surface area contributed by atoms with E-state index in [9.17, 15) is 4.79 Å². The molecule has 3 heteroatoms. The fourth-order valence-electron chi connectivity index (χ4n) is 1.87. The standard InChI is InChI=1S/C15H22BrNO/c1-10(2)9-17(11(3)4)15(18)13-6-7-14(16)12(5)8-13/h6-8,10-11H,9H2,1-5H3. The number of nitrogens with zero attached hydrogens (tertiary/aromatic N) is 1. The lowest BCUT2D eigenvalue weighted by molar-refractivity contribution is 0.0682. The van der Waals surface area contributed by atoms with Crippen molar-refractivity contribution < 1.29 is 4.79 Å². The average molecular weight is 312 g/mol.